The van der Waals surface area contributed by atoms with Crippen molar-refractivity contribution < 1.29 is 14.3 Å². The minimum absolute atomic E-state index is 0.379. The van der Waals surface area contributed by atoms with Gasteiger partial charge in [0.15, 0.2) is 5.75 Å². The fourth-order valence-electron chi connectivity index (χ4n) is 4.37. The lowest BCUT2D eigenvalue weighted by atomic mass is 10.0. The third kappa shape index (κ3) is 4.77. The summed E-state index contributed by atoms with van der Waals surface area (Å²) in [4.78, 5) is 20.9. The van der Waals surface area contributed by atoms with Crippen LogP contribution in [-0.4, -0.2) is 28.7 Å². The summed E-state index contributed by atoms with van der Waals surface area (Å²) in [7, 11) is 1.58. The van der Waals surface area contributed by atoms with Crippen molar-refractivity contribution in [3.8, 4) is 22.9 Å². The highest BCUT2D eigenvalue weighted by molar-refractivity contribution is 6.02. The molecule has 0 atom stereocenters. The summed E-state index contributed by atoms with van der Waals surface area (Å²) in [6.45, 7) is 6.15. The van der Waals surface area contributed by atoms with Gasteiger partial charge in [-0.25, -0.2) is 9.78 Å². The van der Waals surface area contributed by atoms with Gasteiger partial charge in [0.1, 0.15) is 17.2 Å². The third-order valence-electron chi connectivity index (χ3n) is 6.14. The number of nitrogens with one attached hydrogen (secondary N) is 3. The van der Waals surface area contributed by atoms with Gasteiger partial charge in [-0.2, -0.15) is 0 Å². The van der Waals surface area contributed by atoms with E-state index in [0.717, 1.165) is 40.8 Å². The maximum absolute atomic E-state index is 12.8. The molecule has 2 heterocycles. The van der Waals surface area contributed by atoms with Gasteiger partial charge in [-0.1, -0.05) is 37.6 Å². The predicted octanol–water partition coefficient (Wildman–Crippen LogP) is 7.02. The Morgan fingerprint density at radius 1 is 1.08 bits per heavy atom. The molecule has 0 saturated heterocycles. The van der Waals surface area contributed by atoms with Crippen molar-refractivity contribution in [1.29, 1.82) is 0 Å². The topological polar surface area (TPSA) is 88.3 Å². The molecule has 36 heavy (non-hydrogen) atoms. The highest BCUT2D eigenvalue weighted by atomic mass is 16.5. The van der Waals surface area contributed by atoms with Crippen molar-refractivity contribution >= 4 is 34.5 Å². The van der Waals surface area contributed by atoms with Gasteiger partial charge >= 0.3 is 6.03 Å². The van der Waals surface area contributed by atoms with Crippen molar-refractivity contribution in [1.82, 2.24) is 9.97 Å². The summed E-state index contributed by atoms with van der Waals surface area (Å²) in [5, 5.41) is 5.77. The highest BCUT2D eigenvalue weighted by Crippen LogP contribution is 2.41. The number of benzene rings is 3. The van der Waals surface area contributed by atoms with Gasteiger partial charge < -0.3 is 25.1 Å². The lowest BCUT2D eigenvalue weighted by Crippen LogP contribution is -2.27. The van der Waals surface area contributed by atoms with Gasteiger partial charge in [0.05, 0.1) is 29.4 Å². The number of ether oxygens (including phenoxy) is 2. The van der Waals surface area contributed by atoms with Crippen LogP contribution in [0.1, 0.15) is 38.3 Å². The molecule has 0 fully saturated rings. The first kappa shape index (κ1) is 23.5. The van der Waals surface area contributed by atoms with E-state index in [1.54, 1.807) is 13.2 Å². The Labute approximate surface area is 210 Å². The van der Waals surface area contributed by atoms with Crippen molar-refractivity contribution in [2.24, 2.45) is 0 Å². The van der Waals surface area contributed by atoms with Crippen LogP contribution in [-0.2, 0) is 6.42 Å². The molecule has 184 valence electrons. The number of hydrogen-bond acceptors (Lipinski definition) is 4. The number of anilines is 2. The second kappa shape index (κ2) is 9.41. The lowest BCUT2D eigenvalue weighted by molar-refractivity contribution is 0.158. The van der Waals surface area contributed by atoms with Crippen LogP contribution in [0.4, 0.5) is 16.2 Å². The fourth-order valence-corrected chi connectivity index (χ4v) is 4.37. The zero-order valence-electron chi connectivity index (χ0n) is 20.9. The quantitative estimate of drug-likeness (QED) is 0.276. The highest BCUT2D eigenvalue weighted by Gasteiger charge is 2.25. The molecule has 5 rings (SSSR count). The van der Waals surface area contributed by atoms with E-state index in [4.69, 9.17) is 14.5 Å². The number of aromatic amines is 1. The van der Waals surface area contributed by atoms with Gasteiger partial charge in [0, 0.05) is 11.3 Å². The van der Waals surface area contributed by atoms with E-state index in [2.05, 4.69) is 46.8 Å². The number of rotatable bonds is 6. The second-order valence-corrected chi connectivity index (χ2v) is 9.44. The van der Waals surface area contributed by atoms with Crippen LogP contribution in [0, 0.1) is 0 Å². The molecule has 0 bridgehead atoms. The molecule has 0 radical (unpaired) electrons. The molecule has 7 heteroatoms. The van der Waals surface area contributed by atoms with Crippen molar-refractivity contribution in [2.45, 2.75) is 39.2 Å². The Balaban J connectivity index is 1.32. The van der Waals surface area contributed by atoms with Crippen LogP contribution in [0.15, 0.2) is 60.7 Å². The van der Waals surface area contributed by atoms with E-state index in [-0.39, 0.29) is 6.03 Å². The number of methoxy groups -OCH3 is 1. The van der Waals surface area contributed by atoms with Crippen molar-refractivity contribution in [3.05, 3.63) is 71.8 Å². The van der Waals surface area contributed by atoms with Crippen molar-refractivity contribution in [2.75, 3.05) is 17.7 Å². The molecule has 1 aliphatic heterocycles. The van der Waals surface area contributed by atoms with E-state index in [1.807, 2.05) is 50.3 Å². The fraction of sp³-hybridized carbons (Fsp3) is 0.241. The molecule has 2 amide bonds. The monoisotopic (exact) mass is 482 g/mol. The molecule has 0 unspecified atom stereocenters. The van der Waals surface area contributed by atoms with Crippen LogP contribution in [0.5, 0.6) is 11.5 Å². The lowest BCUT2D eigenvalue weighted by Gasteiger charge is -2.29. The maximum atomic E-state index is 12.8. The Hall–Kier alpha value is -4.26. The number of amides is 2. The van der Waals surface area contributed by atoms with Crippen molar-refractivity contribution in [3.63, 3.8) is 0 Å². The first-order valence-electron chi connectivity index (χ1n) is 12.1. The molecule has 0 saturated carbocycles. The van der Waals surface area contributed by atoms with E-state index >= 15 is 0 Å². The van der Waals surface area contributed by atoms with Gasteiger partial charge in [-0.3, -0.25) is 0 Å². The number of H-pyrrole nitrogens is 1. The van der Waals surface area contributed by atoms with Gasteiger partial charge in [0.2, 0.25) is 0 Å². The number of aromatic nitrogens is 2. The molecular formula is C29H30N4O3. The SMILES string of the molecule is CCCc1ccc(-c2nc3cc(NC(=O)Nc4ccc5c(c4OC)C=CC(C)(C)O5)ccc3[nH]2)cc1. The van der Waals surface area contributed by atoms with E-state index in [9.17, 15) is 4.79 Å². The number of nitrogens with zero attached hydrogens (tertiary/aromatic N) is 1. The Morgan fingerprint density at radius 3 is 2.64 bits per heavy atom. The molecule has 1 aliphatic rings. The summed E-state index contributed by atoms with van der Waals surface area (Å²) < 4.78 is 11.6. The van der Waals surface area contributed by atoms with Crippen LogP contribution in [0.25, 0.3) is 28.5 Å². The molecule has 3 aromatic carbocycles. The summed E-state index contributed by atoms with van der Waals surface area (Å²) in [5.41, 5.74) is 5.61. The standard InChI is InChI=1S/C29H30N4O3/c1-5-6-18-7-9-19(10-8-18)27-31-22-12-11-20(17-24(22)32-27)30-28(34)33-23-13-14-25-21(26(23)35-4)15-16-29(2,3)36-25/h7-17H,5-6H2,1-4H3,(H,31,32)(H2,30,33,34). The predicted molar refractivity (Wildman–Crippen MR) is 145 cm³/mol. The number of fused-ring (bicyclic) bond motifs is 2. The normalized spacial score (nSPS) is 13.7. The number of urea groups is 1. The van der Waals surface area contributed by atoms with Crippen LogP contribution >= 0.6 is 0 Å². The summed E-state index contributed by atoms with van der Waals surface area (Å²) >= 11 is 0. The third-order valence-corrected chi connectivity index (χ3v) is 6.14. The Morgan fingerprint density at radius 2 is 1.89 bits per heavy atom. The van der Waals surface area contributed by atoms with E-state index < -0.39 is 5.60 Å². The summed E-state index contributed by atoms with van der Waals surface area (Å²) in [5.74, 6) is 2.06. The largest absolute Gasteiger partial charge is 0.494 e. The molecule has 4 aromatic rings. The van der Waals surface area contributed by atoms with Gasteiger partial charge in [0.25, 0.3) is 0 Å². The van der Waals surface area contributed by atoms with Gasteiger partial charge in [-0.05, 0) is 68.3 Å². The first-order chi connectivity index (χ1) is 17.3. The molecule has 3 N–H and O–H groups in total. The zero-order chi connectivity index (χ0) is 25.3. The number of aryl methyl sites for hydroxylation is 1. The zero-order valence-corrected chi connectivity index (χ0v) is 20.9. The maximum Gasteiger partial charge on any atom is 0.323 e. The van der Waals surface area contributed by atoms with Gasteiger partial charge in [-0.15, -0.1) is 0 Å². The van der Waals surface area contributed by atoms with E-state index in [0.29, 0.717) is 22.9 Å². The number of hydrogen-bond donors (Lipinski definition) is 3. The average molecular weight is 483 g/mol. The van der Waals surface area contributed by atoms with Crippen LogP contribution in [0.3, 0.4) is 0 Å². The molecule has 0 aliphatic carbocycles. The Kier molecular flexibility index (Phi) is 6.14. The Bertz CT molecular complexity index is 1450. The molecule has 1 aromatic heterocycles. The number of carbonyl (C=O) groups is 1. The number of imidazole rings is 1. The average Bonchev–Trinajstić information content (AvgIpc) is 3.27. The molecule has 0 spiro atoms. The van der Waals surface area contributed by atoms with E-state index in [1.165, 1.54) is 5.56 Å². The molecule has 7 nitrogen and oxygen atoms in total. The second-order valence-electron chi connectivity index (χ2n) is 9.44. The first-order valence-corrected chi connectivity index (χ1v) is 12.1. The van der Waals surface area contributed by atoms with Crippen LogP contribution < -0.4 is 20.1 Å². The molecular weight excluding hydrogens is 452 g/mol. The summed E-state index contributed by atoms with van der Waals surface area (Å²) in [6, 6.07) is 17.3. The minimum atomic E-state index is -0.395. The minimum Gasteiger partial charge on any atom is -0.494 e. The smallest absolute Gasteiger partial charge is 0.323 e. The number of carbonyl (C=O) groups excluding carboxylic acids is 1. The van der Waals surface area contributed by atoms with Crippen LogP contribution in [0.2, 0.25) is 0 Å². The summed E-state index contributed by atoms with van der Waals surface area (Å²) in [6.07, 6.45) is 6.11.